The molecule has 1 unspecified atom stereocenters. The fourth-order valence-electron chi connectivity index (χ4n) is 2.19. The third-order valence-corrected chi connectivity index (χ3v) is 4.31. The SMILES string of the molecule is CCC(NCCCN(CC)C(=O)OC(C)(C)C)c1cccs1. The first-order valence-electron chi connectivity index (χ1n) is 8.12. The molecule has 0 radical (unpaired) electrons. The minimum absolute atomic E-state index is 0.222. The van der Waals surface area contributed by atoms with E-state index < -0.39 is 5.60 Å². The number of carbonyl (C=O) groups excluding carboxylic acids is 1. The van der Waals surface area contributed by atoms with Crippen LogP contribution in [0.4, 0.5) is 4.79 Å². The molecule has 0 aliphatic heterocycles. The van der Waals surface area contributed by atoms with E-state index in [1.54, 1.807) is 16.2 Å². The van der Waals surface area contributed by atoms with Crippen LogP contribution in [0.3, 0.4) is 0 Å². The molecule has 1 rings (SSSR count). The van der Waals surface area contributed by atoms with Crippen LogP contribution in [0.1, 0.15) is 58.4 Å². The molecule has 0 fully saturated rings. The largest absolute Gasteiger partial charge is 0.444 e. The van der Waals surface area contributed by atoms with Crippen molar-refractivity contribution < 1.29 is 9.53 Å². The van der Waals surface area contributed by atoms with E-state index in [0.717, 1.165) is 25.9 Å². The van der Waals surface area contributed by atoms with Crippen LogP contribution >= 0.6 is 11.3 Å². The van der Waals surface area contributed by atoms with Gasteiger partial charge >= 0.3 is 6.09 Å². The zero-order valence-electron chi connectivity index (χ0n) is 14.5. The van der Waals surface area contributed by atoms with E-state index in [0.29, 0.717) is 12.6 Å². The minimum atomic E-state index is -0.435. The average molecular weight is 327 g/mol. The summed E-state index contributed by atoms with van der Waals surface area (Å²) in [6.07, 6.45) is 1.78. The van der Waals surface area contributed by atoms with Gasteiger partial charge in [0.2, 0.25) is 0 Å². The molecule has 1 aromatic rings. The molecule has 0 spiro atoms. The van der Waals surface area contributed by atoms with E-state index in [1.807, 2.05) is 27.7 Å². The van der Waals surface area contributed by atoms with Crippen molar-refractivity contribution >= 4 is 17.4 Å². The lowest BCUT2D eigenvalue weighted by Crippen LogP contribution is -2.38. The number of nitrogens with zero attached hydrogens (tertiary/aromatic N) is 1. The maximum atomic E-state index is 12.0. The summed E-state index contributed by atoms with van der Waals surface area (Å²) < 4.78 is 5.42. The van der Waals surface area contributed by atoms with Crippen molar-refractivity contribution in [2.45, 2.75) is 59.1 Å². The van der Waals surface area contributed by atoms with E-state index in [4.69, 9.17) is 4.74 Å². The van der Waals surface area contributed by atoms with E-state index in [9.17, 15) is 4.79 Å². The summed E-state index contributed by atoms with van der Waals surface area (Å²) in [4.78, 5) is 15.2. The quantitative estimate of drug-likeness (QED) is 0.718. The van der Waals surface area contributed by atoms with Gasteiger partial charge in [0.25, 0.3) is 0 Å². The molecule has 0 saturated carbocycles. The van der Waals surface area contributed by atoms with Crippen LogP contribution in [0.15, 0.2) is 17.5 Å². The van der Waals surface area contributed by atoms with Crippen molar-refractivity contribution in [2.24, 2.45) is 0 Å². The summed E-state index contributed by atoms with van der Waals surface area (Å²) in [5.74, 6) is 0. The van der Waals surface area contributed by atoms with Gasteiger partial charge in [-0.2, -0.15) is 0 Å². The van der Waals surface area contributed by atoms with Gasteiger partial charge in [-0.1, -0.05) is 13.0 Å². The maximum absolute atomic E-state index is 12.0. The number of rotatable bonds is 8. The molecule has 1 heterocycles. The van der Waals surface area contributed by atoms with Gasteiger partial charge in [0.1, 0.15) is 5.60 Å². The fourth-order valence-corrected chi connectivity index (χ4v) is 3.07. The summed E-state index contributed by atoms with van der Waals surface area (Å²) in [7, 11) is 0. The Morgan fingerprint density at radius 1 is 1.41 bits per heavy atom. The predicted octanol–water partition coefficient (Wildman–Crippen LogP) is 4.44. The van der Waals surface area contributed by atoms with Crippen LogP contribution in [0.5, 0.6) is 0 Å². The Hall–Kier alpha value is -1.07. The Labute approximate surface area is 138 Å². The second kappa shape index (κ2) is 9.16. The first-order valence-corrected chi connectivity index (χ1v) is 9.00. The van der Waals surface area contributed by atoms with Crippen LogP contribution in [0.25, 0.3) is 0 Å². The molecule has 4 nitrogen and oxygen atoms in total. The molecule has 22 heavy (non-hydrogen) atoms. The molecule has 1 N–H and O–H groups in total. The Bertz CT molecular complexity index is 426. The van der Waals surface area contributed by atoms with Crippen molar-refractivity contribution in [1.82, 2.24) is 10.2 Å². The standard InChI is InChI=1S/C17H30N2O2S/c1-6-14(15-10-8-13-22-15)18-11-9-12-19(7-2)16(20)21-17(3,4)5/h8,10,13-14,18H,6-7,9,11-12H2,1-5H3. The van der Waals surface area contributed by atoms with Gasteiger partial charge in [-0.05, 0) is 58.5 Å². The summed E-state index contributed by atoms with van der Waals surface area (Å²) in [5.41, 5.74) is -0.435. The van der Waals surface area contributed by atoms with Gasteiger partial charge < -0.3 is 15.0 Å². The van der Waals surface area contributed by atoms with Crippen LogP contribution in [-0.4, -0.2) is 36.2 Å². The van der Waals surface area contributed by atoms with Crippen molar-refractivity contribution in [1.29, 1.82) is 0 Å². The molecule has 1 aromatic heterocycles. The highest BCUT2D eigenvalue weighted by atomic mass is 32.1. The molecule has 5 heteroatoms. The molecule has 0 bridgehead atoms. The molecule has 0 aliphatic carbocycles. The third kappa shape index (κ3) is 6.79. The lowest BCUT2D eigenvalue weighted by atomic mass is 10.2. The first kappa shape index (κ1) is 19.0. The zero-order chi connectivity index (χ0) is 16.6. The molecule has 126 valence electrons. The Kier molecular flexibility index (Phi) is 7.90. The van der Waals surface area contributed by atoms with Gasteiger partial charge in [0.15, 0.2) is 0 Å². The summed E-state index contributed by atoms with van der Waals surface area (Å²) in [5, 5.41) is 5.68. The van der Waals surface area contributed by atoms with E-state index in [1.165, 1.54) is 4.88 Å². The monoisotopic (exact) mass is 326 g/mol. The highest BCUT2D eigenvalue weighted by molar-refractivity contribution is 7.10. The van der Waals surface area contributed by atoms with Crippen molar-refractivity contribution in [3.63, 3.8) is 0 Å². The van der Waals surface area contributed by atoms with E-state index in [2.05, 4.69) is 29.8 Å². The fraction of sp³-hybridized carbons (Fsp3) is 0.706. The minimum Gasteiger partial charge on any atom is -0.444 e. The van der Waals surface area contributed by atoms with Gasteiger partial charge in [0, 0.05) is 24.0 Å². The number of carbonyl (C=O) groups is 1. The van der Waals surface area contributed by atoms with Crippen LogP contribution in [0.2, 0.25) is 0 Å². The Morgan fingerprint density at radius 3 is 2.64 bits per heavy atom. The van der Waals surface area contributed by atoms with Crippen LogP contribution in [0, 0.1) is 0 Å². The lowest BCUT2D eigenvalue weighted by Gasteiger charge is -2.26. The number of hydrogen-bond donors (Lipinski definition) is 1. The molecule has 1 atom stereocenters. The Balaban J connectivity index is 2.33. The molecule has 0 aromatic carbocycles. The highest BCUT2D eigenvalue weighted by Crippen LogP contribution is 2.21. The van der Waals surface area contributed by atoms with Crippen molar-refractivity contribution in [2.75, 3.05) is 19.6 Å². The normalized spacial score (nSPS) is 13.0. The van der Waals surface area contributed by atoms with Gasteiger partial charge in [-0.3, -0.25) is 0 Å². The smallest absolute Gasteiger partial charge is 0.410 e. The molecular formula is C17H30N2O2S. The zero-order valence-corrected chi connectivity index (χ0v) is 15.3. The third-order valence-electron chi connectivity index (χ3n) is 3.32. The lowest BCUT2D eigenvalue weighted by molar-refractivity contribution is 0.0258. The average Bonchev–Trinajstić information content (AvgIpc) is 2.95. The molecule has 0 aliphatic rings. The summed E-state index contributed by atoms with van der Waals surface area (Å²) >= 11 is 1.79. The Morgan fingerprint density at radius 2 is 2.14 bits per heavy atom. The molecule has 0 saturated heterocycles. The maximum Gasteiger partial charge on any atom is 0.410 e. The molecule has 1 amide bonds. The van der Waals surface area contributed by atoms with Crippen molar-refractivity contribution in [3.8, 4) is 0 Å². The second-order valence-electron chi connectivity index (χ2n) is 6.34. The number of amides is 1. The topological polar surface area (TPSA) is 41.6 Å². The second-order valence-corrected chi connectivity index (χ2v) is 7.32. The predicted molar refractivity (Wildman–Crippen MR) is 93.5 cm³/mol. The number of thiophene rings is 1. The van der Waals surface area contributed by atoms with Gasteiger partial charge in [0.05, 0.1) is 0 Å². The van der Waals surface area contributed by atoms with Gasteiger partial charge in [-0.25, -0.2) is 4.79 Å². The first-order chi connectivity index (χ1) is 10.4. The summed E-state index contributed by atoms with van der Waals surface area (Å²) in [6, 6.07) is 4.67. The number of nitrogens with one attached hydrogen (secondary N) is 1. The van der Waals surface area contributed by atoms with Crippen LogP contribution in [-0.2, 0) is 4.74 Å². The van der Waals surface area contributed by atoms with E-state index in [-0.39, 0.29) is 6.09 Å². The summed E-state index contributed by atoms with van der Waals surface area (Å²) in [6.45, 7) is 12.2. The van der Waals surface area contributed by atoms with Crippen LogP contribution < -0.4 is 5.32 Å². The highest BCUT2D eigenvalue weighted by Gasteiger charge is 2.20. The number of ether oxygens (including phenoxy) is 1. The van der Waals surface area contributed by atoms with E-state index >= 15 is 0 Å². The van der Waals surface area contributed by atoms with Gasteiger partial charge in [-0.15, -0.1) is 11.3 Å². The van der Waals surface area contributed by atoms with Crippen molar-refractivity contribution in [3.05, 3.63) is 22.4 Å². The number of hydrogen-bond acceptors (Lipinski definition) is 4. The molecular weight excluding hydrogens is 296 g/mol.